The number of carbonyl (C=O) groups is 2. The van der Waals surface area contributed by atoms with Crippen LogP contribution in [0.15, 0.2) is 51.3 Å². The lowest BCUT2D eigenvalue weighted by Gasteiger charge is -2.39. The molecule has 40 heavy (non-hydrogen) atoms. The number of carbonyl (C=O) groups excluding carboxylic acids is 2. The van der Waals surface area contributed by atoms with Crippen molar-refractivity contribution in [1.29, 1.82) is 0 Å². The second-order valence-corrected chi connectivity index (χ2v) is 12.4. The number of benzene rings is 2. The SMILES string of the molecule is CC(=O)ON(c1cc(O)c2c(c1)SN=C(C1=C(O)c3ccccc3C(CCC(C)C)(NO)C1=O)N2O)S(C)(=O)=O. The van der Waals surface area contributed by atoms with Gasteiger partial charge in [0.25, 0.3) is 10.0 Å². The standard InChI is InChI=1S/C25H28N4O9S2/c1-13(2)9-10-25(27-34)17-8-6-5-7-16(17)22(32)20(23(25)33)24-26-39-19-12-15(11-18(31)21(19)28(24)35)29(38-14(3)30)40(4,36)37/h5-8,11-13,27,31-32,34-35H,9-10H2,1-4H3. The van der Waals surface area contributed by atoms with E-state index in [1.165, 1.54) is 6.07 Å². The van der Waals surface area contributed by atoms with E-state index in [-0.39, 0.29) is 34.2 Å². The third-order valence-electron chi connectivity index (χ3n) is 6.41. The van der Waals surface area contributed by atoms with Gasteiger partial charge in [-0.15, -0.1) is 0 Å². The molecule has 2 aromatic carbocycles. The first-order valence-corrected chi connectivity index (χ1v) is 14.6. The average Bonchev–Trinajstić information content (AvgIpc) is 2.88. The molecular weight excluding hydrogens is 564 g/mol. The second kappa shape index (κ2) is 10.7. The number of phenolic OH excluding ortho intramolecular Hbond substituents is 1. The van der Waals surface area contributed by atoms with Gasteiger partial charge in [0, 0.05) is 30.5 Å². The molecule has 15 heteroatoms. The molecule has 1 heterocycles. The van der Waals surface area contributed by atoms with Crippen molar-refractivity contribution in [1.82, 2.24) is 5.48 Å². The minimum absolute atomic E-state index is 0.0390. The molecule has 0 amide bonds. The van der Waals surface area contributed by atoms with Crippen LogP contribution < -0.4 is 15.0 Å². The van der Waals surface area contributed by atoms with Crippen LogP contribution in [0.4, 0.5) is 11.4 Å². The van der Waals surface area contributed by atoms with Crippen LogP contribution in [0.5, 0.6) is 5.75 Å². The Morgan fingerprint density at radius 3 is 2.52 bits per heavy atom. The van der Waals surface area contributed by atoms with Gasteiger partial charge in [0.15, 0.2) is 11.6 Å². The number of Topliss-reactive ketones (excluding diaryl/α,β-unsaturated/α-hetero) is 1. The number of ketones is 1. The number of hydroxylamine groups is 2. The molecule has 13 nitrogen and oxygen atoms in total. The Morgan fingerprint density at radius 2 is 1.93 bits per heavy atom. The van der Waals surface area contributed by atoms with Gasteiger partial charge in [0.2, 0.25) is 0 Å². The number of rotatable bonds is 8. The highest BCUT2D eigenvalue weighted by Gasteiger charge is 2.50. The summed E-state index contributed by atoms with van der Waals surface area (Å²) in [6.45, 7) is 4.91. The van der Waals surface area contributed by atoms with Crippen LogP contribution in [0.25, 0.3) is 5.76 Å². The van der Waals surface area contributed by atoms with E-state index in [0.29, 0.717) is 33.5 Å². The van der Waals surface area contributed by atoms with Gasteiger partial charge in [-0.1, -0.05) is 42.6 Å². The van der Waals surface area contributed by atoms with Gasteiger partial charge in [0.1, 0.15) is 28.3 Å². The summed E-state index contributed by atoms with van der Waals surface area (Å²) in [6, 6.07) is 8.60. The molecule has 0 aromatic heterocycles. The fourth-order valence-corrected chi connectivity index (χ4v) is 6.08. The molecule has 2 aliphatic rings. The molecule has 1 atom stereocenters. The van der Waals surface area contributed by atoms with Crippen LogP contribution in [-0.2, 0) is 30.0 Å². The first kappa shape index (κ1) is 29.4. The summed E-state index contributed by atoms with van der Waals surface area (Å²) < 4.78 is 28.9. The zero-order chi connectivity index (χ0) is 29.6. The lowest BCUT2D eigenvalue weighted by molar-refractivity contribution is -0.140. The van der Waals surface area contributed by atoms with E-state index in [2.05, 4.69) is 9.88 Å². The number of fused-ring (bicyclic) bond motifs is 2. The van der Waals surface area contributed by atoms with E-state index in [9.17, 15) is 38.6 Å². The number of nitrogens with one attached hydrogen (secondary N) is 1. The van der Waals surface area contributed by atoms with E-state index in [1.54, 1.807) is 24.3 Å². The van der Waals surface area contributed by atoms with E-state index in [4.69, 9.17) is 4.84 Å². The molecule has 1 aliphatic carbocycles. The number of anilines is 2. The molecule has 2 aromatic rings. The highest BCUT2D eigenvalue weighted by atomic mass is 32.2. The van der Waals surface area contributed by atoms with Crippen LogP contribution in [0, 0.1) is 5.92 Å². The number of hydrogen-bond donors (Lipinski definition) is 5. The lowest BCUT2D eigenvalue weighted by Crippen LogP contribution is -2.53. The van der Waals surface area contributed by atoms with Crippen LogP contribution in [0.2, 0.25) is 0 Å². The molecule has 1 unspecified atom stereocenters. The van der Waals surface area contributed by atoms with Gasteiger partial charge >= 0.3 is 5.97 Å². The Bertz CT molecular complexity index is 1560. The van der Waals surface area contributed by atoms with Gasteiger partial charge in [-0.05, 0) is 30.4 Å². The van der Waals surface area contributed by atoms with Crippen molar-refractivity contribution in [3.63, 3.8) is 0 Å². The van der Waals surface area contributed by atoms with Crippen molar-refractivity contribution in [2.45, 2.75) is 44.0 Å². The predicted octanol–water partition coefficient (Wildman–Crippen LogP) is 3.41. The first-order valence-electron chi connectivity index (χ1n) is 12.0. The molecule has 0 radical (unpaired) electrons. The summed E-state index contributed by atoms with van der Waals surface area (Å²) in [5.41, 5.74) is 0.132. The second-order valence-electron chi connectivity index (χ2n) is 9.75. The Balaban J connectivity index is 1.84. The van der Waals surface area contributed by atoms with E-state index >= 15 is 0 Å². The fourth-order valence-electron chi connectivity index (χ4n) is 4.55. The first-order chi connectivity index (χ1) is 18.7. The molecule has 0 saturated heterocycles. The van der Waals surface area contributed by atoms with Gasteiger partial charge < -0.3 is 20.3 Å². The summed E-state index contributed by atoms with van der Waals surface area (Å²) >= 11 is 0.665. The maximum absolute atomic E-state index is 14.0. The molecule has 214 valence electrons. The molecule has 0 saturated carbocycles. The number of amidine groups is 1. The Labute approximate surface area is 234 Å². The molecule has 0 fully saturated rings. The number of hydrogen-bond acceptors (Lipinski definition) is 13. The number of nitrogens with zero attached hydrogens (tertiary/aromatic N) is 3. The summed E-state index contributed by atoms with van der Waals surface area (Å²) in [4.78, 5) is 30.3. The largest absolute Gasteiger partial charge is 0.506 e. The van der Waals surface area contributed by atoms with E-state index < -0.39 is 50.2 Å². The zero-order valence-electron chi connectivity index (χ0n) is 21.9. The molecule has 0 bridgehead atoms. The molecule has 1 aliphatic heterocycles. The summed E-state index contributed by atoms with van der Waals surface area (Å²) in [7, 11) is -4.13. The van der Waals surface area contributed by atoms with Crippen molar-refractivity contribution < 1.29 is 43.5 Å². The minimum atomic E-state index is -4.13. The van der Waals surface area contributed by atoms with E-state index in [1.807, 2.05) is 13.8 Å². The van der Waals surface area contributed by atoms with Gasteiger partial charge in [-0.2, -0.15) is 14.9 Å². The summed E-state index contributed by atoms with van der Waals surface area (Å²) in [5, 5.41) is 43.9. The summed E-state index contributed by atoms with van der Waals surface area (Å²) in [6.07, 6.45) is 1.47. The Hall–Kier alpha value is -3.63. The third kappa shape index (κ3) is 5.01. The Kier molecular flexibility index (Phi) is 7.88. The van der Waals surface area contributed by atoms with Crippen molar-refractivity contribution in [2.24, 2.45) is 10.3 Å². The maximum atomic E-state index is 14.0. The van der Waals surface area contributed by atoms with Crippen LogP contribution >= 0.6 is 11.9 Å². The van der Waals surface area contributed by atoms with E-state index in [0.717, 1.165) is 19.2 Å². The number of aliphatic hydroxyl groups excluding tert-OH is 1. The quantitative estimate of drug-likeness (QED) is 0.222. The van der Waals surface area contributed by atoms with Crippen LogP contribution in [0.3, 0.4) is 0 Å². The average molecular weight is 593 g/mol. The van der Waals surface area contributed by atoms with Crippen LogP contribution in [0.1, 0.15) is 44.7 Å². The highest BCUT2D eigenvalue weighted by molar-refractivity contribution is 7.98. The van der Waals surface area contributed by atoms with Crippen molar-refractivity contribution in [2.75, 3.05) is 15.8 Å². The van der Waals surface area contributed by atoms with Crippen molar-refractivity contribution in [3.05, 3.63) is 53.1 Å². The number of aliphatic hydroxyl groups is 1. The predicted molar refractivity (Wildman–Crippen MR) is 146 cm³/mol. The lowest BCUT2D eigenvalue weighted by atomic mass is 9.71. The molecule has 5 N–H and O–H groups in total. The zero-order valence-corrected chi connectivity index (χ0v) is 23.6. The highest BCUT2D eigenvalue weighted by Crippen LogP contribution is 2.48. The normalized spacial score (nSPS) is 18.8. The van der Waals surface area contributed by atoms with Crippen molar-refractivity contribution >= 4 is 56.7 Å². The van der Waals surface area contributed by atoms with Crippen LogP contribution in [-0.4, -0.2) is 52.9 Å². The molecular formula is C25H28N4O9S2. The molecule has 0 spiro atoms. The number of sulfonamides is 1. The topological polar surface area (TPSA) is 189 Å². The maximum Gasteiger partial charge on any atom is 0.330 e. The summed E-state index contributed by atoms with van der Waals surface area (Å²) in [5.74, 6) is -3.10. The van der Waals surface area contributed by atoms with Crippen molar-refractivity contribution in [3.8, 4) is 5.75 Å². The number of phenols is 1. The minimum Gasteiger partial charge on any atom is -0.506 e. The smallest absolute Gasteiger partial charge is 0.330 e. The number of aromatic hydroxyl groups is 1. The third-order valence-corrected chi connectivity index (χ3v) is 8.07. The van der Waals surface area contributed by atoms with Gasteiger partial charge in [-0.25, -0.2) is 13.2 Å². The van der Waals surface area contributed by atoms with Gasteiger partial charge in [0.05, 0.1) is 16.8 Å². The molecule has 4 rings (SSSR count). The monoisotopic (exact) mass is 592 g/mol. The fraction of sp³-hybridized carbons (Fsp3) is 0.320. The Morgan fingerprint density at radius 1 is 1.25 bits per heavy atom. The van der Waals surface area contributed by atoms with Gasteiger partial charge in [-0.3, -0.25) is 10.0 Å².